The first kappa shape index (κ1) is 10.9. The molecule has 16 heavy (non-hydrogen) atoms. The Morgan fingerprint density at radius 1 is 1.00 bits per heavy atom. The fourth-order valence-electron chi connectivity index (χ4n) is 1.87. The lowest BCUT2D eigenvalue weighted by Gasteiger charge is -2.14. The van der Waals surface area contributed by atoms with E-state index in [1.807, 2.05) is 24.3 Å². The number of rotatable bonds is 2. The van der Waals surface area contributed by atoms with Gasteiger partial charge < -0.3 is 0 Å². The minimum Gasteiger partial charge on any atom is -0.274 e. The molecule has 1 aromatic rings. The van der Waals surface area contributed by atoms with Crippen LogP contribution in [-0.2, 0) is 9.59 Å². The predicted octanol–water partition coefficient (Wildman–Crippen LogP) is 2.46. The largest absolute Gasteiger partial charge is 0.274 e. The lowest BCUT2D eigenvalue weighted by molar-refractivity contribution is -0.121. The summed E-state index contributed by atoms with van der Waals surface area (Å²) in [7, 11) is 0. The normalized spacial score (nSPS) is 16.3. The Labute approximate surface area is 95.1 Å². The number of carbonyl (C=O) groups is 2. The summed E-state index contributed by atoms with van der Waals surface area (Å²) in [4.78, 5) is 24.3. The monoisotopic (exact) mass is 217 g/mol. The van der Waals surface area contributed by atoms with E-state index in [0.717, 1.165) is 0 Å². The number of benzene rings is 1. The second-order valence-corrected chi connectivity index (χ2v) is 4.37. The van der Waals surface area contributed by atoms with Gasteiger partial charge in [-0.1, -0.05) is 26.0 Å². The van der Waals surface area contributed by atoms with Crippen molar-refractivity contribution < 1.29 is 9.59 Å². The lowest BCUT2D eigenvalue weighted by Crippen LogP contribution is -2.28. The SMILES string of the molecule is CC(C)c1ccc(N2C(=O)CCC2=O)cc1. The van der Waals surface area contributed by atoms with Crippen LogP contribution in [0.15, 0.2) is 24.3 Å². The van der Waals surface area contributed by atoms with Gasteiger partial charge in [0.25, 0.3) is 0 Å². The van der Waals surface area contributed by atoms with Gasteiger partial charge in [0.15, 0.2) is 0 Å². The third-order valence-electron chi connectivity index (χ3n) is 2.87. The summed E-state index contributed by atoms with van der Waals surface area (Å²) in [6.45, 7) is 4.22. The highest BCUT2D eigenvalue weighted by molar-refractivity contribution is 6.19. The van der Waals surface area contributed by atoms with Crippen molar-refractivity contribution in [2.45, 2.75) is 32.6 Å². The molecule has 2 amide bonds. The van der Waals surface area contributed by atoms with Gasteiger partial charge >= 0.3 is 0 Å². The van der Waals surface area contributed by atoms with E-state index in [2.05, 4.69) is 13.8 Å². The van der Waals surface area contributed by atoms with Crippen LogP contribution in [-0.4, -0.2) is 11.8 Å². The topological polar surface area (TPSA) is 37.4 Å². The van der Waals surface area contributed by atoms with Crippen molar-refractivity contribution in [1.82, 2.24) is 0 Å². The van der Waals surface area contributed by atoms with Gasteiger partial charge in [0, 0.05) is 12.8 Å². The van der Waals surface area contributed by atoms with Crippen molar-refractivity contribution in [3.8, 4) is 0 Å². The summed E-state index contributed by atoms with van der Waals surface area (Å²) in [6, 6.07) is 7.63. The molecule has 1 aliphatic heterocycles. The van der Waals surface area contributed by atoms with Gasteiger partial charge in [0.2, 0.25) is 11.8 Å². The zero-order valence-electron chi connectivity index (χ0n) is 9.56. The first-order chi connectivity index (χ1) is 7.59. The Balaban J connectivity index is 2.28. The van der Waals surface area contributed by atoms with Crippen LogP contribution in [0, 0.1) is 0 Å². The van der Waals surface area contributed by atoms with E-state index >= 15 is 0 Å². The Kier molecular flexibility index (Phi) is 2.77. The van der Waals surface area contributed by atoms with E-state index in [4.69, 9.17) is 0 Å². The van der Waals surface area contributed by atoms with Crippen molar-refractivity contribution >= 4 is 17.5 Å². The number of anilines is 1. The molecule has 1 aromatic carbocycles. The average Bonchev–Trinajstić information content (AvgIpc) is 2.59. The minimum absolute atomic E-state index is 0.0951. The molecule has 0 aliphatic carbocycles. The van der Waals surface area contributed by atoms with E-state index in [9.17, 15) is 9.59 Å². The molecule has 1 saturated heterocycles. The molecule has 2 rings (SSSR count). The van der Waals surface area contributed by atoms with Crippen LogP contribution >= 0.6 is 0 Å². The van der Waals surface area contributed by atoms with E-state index in [0.29, 0.717) is 24.4 Å². The third kappa shape index (κ3) is 1.85. The number of hydrogen-bond donors (Lipinski definition) is 0. The van der Waals surface area contributed by atoms with Gasteiger partial charge in [-0.15, -0.1) is 0 Å². The molecule has 1 heterocycles. The number of carbonyl (C=O) groups excluding carboxylic acids is 2. The summed E-state index contributed by atoms with van der Waals surface area (Å²) in [5.41, 5.74) is 1.90. The molecule has 3 nitrogen and oxygen atoms in total. The lowest BCUT2D eigenvalue weighted by atomic mass is 10.0. The van der Waals surface area contributed by atoms with Crippen LogP contribution < -0.4 is 4.90 Å². The Morgan fingerprint density at radius 2 is 1.50 bits per heavy atom. The molecular weight excluding hydrogens is 202 g/mol. The summed E-state index contributed by atoms with van der Waals surface area (Å²) in [5, 5.41) is 0. The second-order valence-electron chi connectivity index (χ2n) is 4.37. The molecule has 0 saturated carbocycles. The minimum atomic E-state index is -0.0951. The molecule has 0 bridgehead atoms. The van der Waals surface area contributed by atoms with Crippen LogP contribution in [0.5, 0.6) is 0 Å². The van der Waals surface area contributed by atoms with Crippen LogP contribution in [0.4, 0.5) is 5.69 Å². The maximum Gasteiger partial charge on any atom is 0.234 e. The van der Waals surface area contributed by atoms with E-state index in [1.54, 1.807) is 0 Å². The fraction of sp³-hybridized carbons (Fsp3) is 0.385. The highest BCUT2D eigenvalue weighted by atomic mass is 16.2. The van der Waals surface area contributed by atoms with Crippen molar-refractivity contribution in [2.24, 2.45) is 0 Å². The van der Waals surface area contributed by atoms with Crippen molar-refractivity contribution in [2.75, 3.05) is 4.90 Å². The maximum atomic E-state index is 11.5. The van der Waals surface area contributed by atoms with Gasteiger partial charge in [-0.3, -0.25) is 14.5 Å². The van der Waals surface area contributed by atoms with Gasteiger partial charge in [-0.2, -0.15) is 0 Å². The molecule has 0 unspecified atom stereocenters. The quantitative estimate of drug-likeness (QED) is 0.713. The molecule has 0 spiro atoms. The predicted molar refractivity (Wildman–Crippen MR) is 62.3 cm³/mol. The molecule has 0 radical (unpaired) electrons. The van der Waals surface area contributed by atoms with Crippen LogP contribution in [0.2, 0.25) is 0 Å². The van der Waals surface area contributed by atoms with Crippen LogP contribution in [0.3, 0.4) is 0 Å². The van der Waals surface area contributed by atoms with E-state index < -0.39 is 0 Å². The number of amides is 2. The first-order valence-corrected chi connectivity index (χ1v) is 5.55. The van der Waals surface area contributed by atoms with Crippen LogP contribution in [0.1, 0.15) is 38.2 Å². The first-order valence-electron chi connectivity index (χ1n) is 5.55. The molecule has 84 valence electrons. The maximum absolute atomic E-state index is 11.5. The Bertz CT molecular complexity index is 404. The van der Waals surface area contributed by atoms with Crippen molar-refractivity contribution in [3.63, 3.8) is 0 Å². The third-order valence-corrected chi connectivity index (χ3v) is 2.87. The summed E-state index contributed by atoms with van der Waals surface area (Å²) in [5.74, 6) is 0.267. The Hall–Kier alpha value is -1.64. The van der Waals surface area contributed by atoms with E-state index in [1.165, 1.54) is 10.5 Å². The highest BCUT2D eigenvalue weighted by Crippen LogP contribution is 2.24. The van der Waals surface area contributed by atoms with Crippen molar-refractivity contribution in [3.05, 3.63) is 29.8 Å². The molecule has 0 N–H and O–H groups in total. The summed E-state index contributed by atoms with van der Waals surface area (Å²) < 4.78 is 0. The Morgan fingerprint density at radius 3 is 1.94 bits per heavy atom. The number of hydrogen-bond acceptors (Lipinski definition) is 2. The smallest absolute Gasteiger partial charge is 0.234 e. The van der Waals surface area contributed by atoms with Gasteiger partial charge in [-0.05, 0) is 23.6 Å². The molecule has 1 fully saturated rings. The standard InChI is InChI=1S/C13H15NO2/c1-9(2)10-3-5-11(6-4-10)14-12(15)7-8-13(14)16/h3-6,9H,7-8H2,1-2H3. The summed E-state index contributed by atoms with van der Waals surface area (Å²) in [6.07, 6.45) is 0.676. The molecule has 1 aliphatic rings. The molecular formula is C13H15NO2. The van der Waals surface area contributed by atoms with Gasteiger partial charge in [-0.25, -0.2) is 0 Å². The van der Waals surface area contributed by atoms with Gasteiger partial charge in [0.05, 0.1) is 5.69 Å². The van der Waals surface area contributed by atoms with E-state index in [-0.39, 0.29) is 11.8 Å². The zero-order chi connectivity index (χ0) is 11.7. The highest BCUT2D eigenvalue weighted by Gasteiger charge is 2.29. The number of nitrogens with zero attached hydrogens (tertiary/aromatic N) is 1. The van der Waals surface area contributed by atoms with Gasteiger partial charge in [0.1, 0.15) is 0 Å². The molecule has 0 atom stereocenters. The molecule has 0 aromatic heterocycles. The average molecular weight is 217 g/mol. The van der Waals surface area contributed by atoms with Crippen molar-refractivity contribution in [1.29, 1.82) is 0 Å². The second kappa shape index (κ2) is 4.08. The molecule has 3 heteroatoms. The van der Waals surface area contributed by atoms with Crippen LogP contribution in [0.25, 0.3) is 0 Å². The fourth-order valence-corrected chi connectivity index (χ4v) is 1.87. The summed E-state index contributed by atoms with van der Waals surface area (Å²) >= 11 is 0. The number of imide groups is 1. The zero-order valence-corrected chi connectivity index (χ0v) is 9.56.